The van der Waals surface area contributed by atoms with Gasteiger partial charge in [-0.1, -0.05) is 32.9 Å². The lowest BCUT2D eigenvalue weighted by molar-refractivity contribution is 0.541. The number of hydrogen-bond donors (Lipinski definition) is 1. The van der Waals surface area contributed by atoms with Gasteiger partial charge in [0, 0.05) is 5.41 Å². The summed E-state index contributed by atoms with van der Waals surface area (Å²) in [6.07, 6.45) is 0. The molecule has 0 saturated heterocycles. The molecular formula is C15H17N5O2. The average Bonchev–Trinajstić information content (AvgIpc) is 2.75. The smallest absolute Gasteiger partial charge is 0.265 e. The molecule has 3 rings (SSSR count). The van der Waals surface area contributed by atoms with Gasteiger partial charge in [-0.2, -0.15) is 4.52 Å². The monoisotopic (exact) mass is 299 g/mol. The van der Waals surface area contributed by atoms with Crippen LogP contribution >= 0.6 is 0 Å². The van der Waals surface area contributed by atoms with Gasteiger partial charge in [-0.15, -0.1) is 10.2 Å². The van der Waals surface area contributed by atoms with Crippen LogP contribution in [0, 0.1) is 6.92 Å². The lowest BCUT2D eigenvalue weighted by atomic mass is 9.93. The molecule has 0 fully saturated rings. The van der Waals surface area contributed by atoms with Gasteiger partial charge in [-0.25, -0.2) is 14.5 Å². The van der Waals surface area contributed by atoms with E-state index in [1.165, 1.54) is 4.57 Å². The number of H-pyrrole nitrogens is 1. The Hall–Kier alpha value is -2.70. The molecule has 0 unspecified atom stereocenters. The highest BCUT2D eigenvalue weighted by Gasteiger charge is 2.23. The van der Waals surface area contributed by atoms with Gasteiger partial charge < -0.3 is 0 Å². The van der Waals surface area contributed by atoms with Crippen LogP contribution in [0.4, 0.5) is 0 Å². The van der Waals surface area contributed by atoms with E-state index in [4.69, 9.17) is 0 Å². The molecule has 0 aliphatic carbocycles. The zero-order valence-corrected chi connectivity index (χ0v) is 12.9. The first kappa shape index (κ1) is 14.2. The second kappa shape index (κ2) is 4.66. The molecule has 7 nitrogen and oxygen atoms in total. The SMILES string of the molecule is Cc1cccc(-n2c(=O)[nH]n3c(=O)c(C(C)(C)C)nnc23)c1. The van der Waals surface area contributed by atoms with Gasteiger partial charge >= 0.3 is 5.69 Å². The van der Waals surface area contributed by atoms with Crippen LogP contribution in [-0.4, -0.2) is 24.4 Å². The molecule has 0 saturated carbocycles. The van der Waals surface area contributed by atoms with Crippen LogP contribution in [0.1, 0.15) is 32.0 Å². The maximum absolute atomic E-state index is 12.5. The van der Waals surface area contributed by atoms with Crippen LogP contribution in [0.15, 0.2) is 33.9 Å². The van der Waals surface area contributed by atoms with E-state index in [0.717, 1.165) is 10.1 Å². The molecule has 0 aliphatic heterocycles. The molecule has 0 atom stereocenters. The first-order valence-electron chi connectivity index (χ1n) is 6.97. The van der Waals surface area contributed by atoms with Crippen molar-refractivity contribution in [3.05, 3.63) is 56.4 Å². The zero-order chi connectivity index (χ0) is 16.1. The van der Waals surface area contributed by atoms with Crippen LogP contribution in [0.5, 0.6) is 0 Å². The zero-order valence-electron chi connectivity index (χ0n) is 12.9. The summed E-state index contributed by atoms with van der Waals surface area (Å²) in [7, 11) is 0. The summed E-state index contributed by atoms with van der Waals surface area (Å²) < 4.78 is 2.49. The van der Waals surface area contributed by atoms with E-state index in [-0.39, 0.29) is 11.3 Å². The molecule has 0 bridgehead atoms. The number of hydrogen-bond acceptors (Lipinski definition) is 4. The Morgan fingerprint density at radius 1 is 1.14 bits per heavy atom. The molecule has 0 amide bonds. The van der Waals surface area contributed by atoms with Crippen LogP contribution in [0.3, 0.4) is 0 Å². The summed E-state index contributed by atoms with van der Waals surface area (Å²) in [5.74, 6) is 0.175. The molecule has 1 N–H and O–H groups in total. The first-order valence-corrected chi connectivity index (χ1v) is 6.97. The van der Waals surface area contributed by atoms with Crippen molar-refractivity contribution in [1.29, 1.82) is 0 Å². The largest absolute Gasteiger partial charge is 0.348 e. The van der Waals surface area contributed by atoms with Gasteiger partial charge in [0.25, 0.3) is 11.3 Å². The van der Waals surface area contributed by atoms with Gasteiger partial charge in [0.1, 0.15) is 5.69 Å². The Kier molecular flexibility index (Phi) is 3.01. The van der Waals surface area contributed by atoms with Crippen molar-refractivity contribution < 1.29 is 0 Å². The predicted molar refractivity (Wildman–Crippen MR) is 82.6 cm³/mol. The summed E-state index contributed by atoms with van der Waals surface area (Å²) in [6.45, 7) is 7.56. The fraction of sp³-hybridized carbons (Fsp3) is 0.333. The molecule has 114 valence electrons. The van der Waals surface area contributed by atoms with E-state index >= 15 is 0 Å². The quantitative estimate of drug-likeness (QED) is 0.731. The molecule has 2 heterocycles. The molecule has 3 aromatic rings. The highest BCUT2D eigenvalue weighted by Crippen LogP contribution is 2.16. The molecule has 0 spiro atoms. The lowest BCUT2D eigenvalue weighted by Gasteiger charge is -2.15. The van der Waals surface area contributed by atoms with Gasteiger partial charge in [0.05, 0.1) is 5.69 Å². The van der Waals surface area contributed by atoms with Crippen molar-refractivity contribution in [2.45, 2.75) is 33.1 Å². The third-order valence-electron chi connectivity index (χ3n) is 3.43. The second-order valence-electron chi connectivity index (χ2n) is 6.33. The summed E-state index contributed by atoms with van der Waals surface area (Å²) in [6, 6.07) is 7.40. The Bertz CT molecular complexity index is 972. The fourth-order valence-electron chi connectivity index (χ4n) is 2.33. The number of nitrogens with zero attached hydrogens (tertiary/aromatic N) is 4. The molecule has 22 heavy (non-hydrogen) atoms. The normalized spacial score (nSPS) is 12.0. The van der Waals surface area contributed by atoms with Crippen LogP contribution in [0.2, 0.25) is 0 Å². The standard InChI is InChI=1S/C15H17N5O2/c1-9-6-5-7-10(8-9)19-13-17-16-11(15(2,3)4)12(21)20(13)18-14(19)22/h5-8H,1-4H3,(H,18,22). The summed E-state index contributed by atoms with van der Waals surface area (Å²) in [4.78, 5) is 24.8. The van der Waals surface area contributed by atoms with Gasteiger partial charge in [-0.3, -0.25) is 4.79 Å². The van der Waals surface area contributed by atoms with E-state index in [9.17, 15) is 9.59 Å². The minimum atomic E-state index is -0.451. The molecule has 1 aromatic carbocycles. The topological polar surface area (TPSA) is 85.0 Å². The van der Waals surface area contributed by atoms with E-state index in [1.807, 2.05) is 45.9 Å². The number of aromatic amines is 1. The van der Waals surface area contributed by atoms with Crippen molar-refractivity contribution in [3.63, 3.8) is 0 Å². The number of aromatic nitrogens is 5. The third kappa shape index (κ3) is 2.14. The molecule has 0 radical (unpaired) electrons. The van der Waals surface area contributed by atoms with E-state index in [1.54, 1.807) is 6.07 Å². The lowest BCUT2D eigenvalue weighted by Crippen LogP contribution is -2.30. The minimum absolute atomic E-state index is 0.175. The number of aryl methyl sites for hydroxylation is 1. The number of fused-ring (bicyclic) bond motifs is 1. The van der Waals surface area contributed by atoms with E-state index in [2.05, 4.69) is 15.3 Å². The van der Waals surface area contributed by atoms with Crippen molar-refractivity contribution in [2.75, 3.05) is 0 Å². The molecule has 0 aliphatic rings. The summed E-state index contributed by atoms with van der Waals surface area (Å²) >= 11 is 0. The molecular weight excluding hydrogens is 282 g/mol. The molecule has 7 heteroatoms. The maximum Gasteiger partial charge on any atom is 0.348 e. The second-order valence-corrected chi connectivity index (χ2v) is 6.33. The Labute approximate surface area is 126 Å². The van der Waals surface area contributed by atoms with Gasteiger partial charge in [0.2, 0.25) is 0 Å². The Morgan fingerprint density at radius 3 is 2.50 bits per heavy atom. The summed E-state index contributed by atoms with van der Waals surface area (Å²) in [5, 5.41) is 10.7. The molecule has 2 aromatic heterocycles. The van der Waals surface area contributed by atoms with Gasteiger partial charge in [0.15, 0.2) is 0 Å². The van der Waals surface area contributed by atoms with Crippen molar-refractivity contribution >= 4 is 5.78 Å². The van der Waals surface area contributed by atoms with Gasteiger partial charge in [-0.05, 0) is 24.6 Å². The van der Waals surface area contributed by atoms with E-state index < -0.39 is 11.1 Å². The number of rotatable bonds is 1. The van der Waals surface area contributed by atoms with E-state index in [0.29, 0.717) is 11.4 Å². The number of benzene rings is 1. The third-order valence-corrected chi connectivity index (χ3v) is 3.43. The van der Waals surface area contributed by atoms with Crippen molar-refractivity contribution in [2.24, 2.45) is 0 Å². The maximum atomic E-state index is 12.5. The Morgan fingerprint density at radius 2 is 1.86 bits per heavy atom. The highest BCUT2D eigenvalue weighted by atomic mass is 16.2. The van der Waals surface area contributed by atoms with Crippen molar-refractivity contribution in [1.82, 2.24) is 24.4 Å². The number of nitrogens with one attached hydrogen (secondary N) is 1. The minimum Gasteiger partial charge on any atom is -0.265 e. The van der Waals surface area contributed by atoms with Crippen LogP contribution < -0.4 is 11.2 Å². The average molecular weight is 299 g/mol. The van der Waals surface area contributed by atoms with Crippen LogP contribution in [0.25, 0.3) is 11.5 Å². The fourth-order valence-corrected chi connectivity index (χ4v) is 2.33. The first-order chi connectivity index (χ1) is 10.3. The highest BCUT2D eigenvalue weighted by molar-refractivity contribution is 5.43. The summed E-state index contributed by atoms with van der Waals surface area (Å²) in [5.41, 5.74) is 0.714. The predicted octanol–water partition coefficient (Wildman–Crippen LogP) is 1.17. The van der Waals surface area contributed by atoms with Crippen LogP contribution in [-0.2, 0) is 5.41 Å². The van der Waals surface area contributed by atoms with Crippen molar-refractivity contribution in [3.8, 4) is 5.69 Å². The Balaban J connectivity index is 2.36.